The molecule has 1 aliphatic carbocycles. The molecule has 0 spiro atoms. The molecule has 1 heterocycles. The Morgan fingerprint density at radius 1 is 1.25 bits per heavy atom. The van der Waals surface area contributed by atoms with Crippen LogP contribution in [0.15, 0.2) is 22.5 Å². The molecule has 2 unspecified atom stereocenters. The van der Waals surface area contributed by atoms with E-state index in [1.54, 1.807) is 23.1 Å². The van der Waals surface area contributed by atoms with Crippen molar-refractivity contribution in [2.75, 3.05) is 11.6 Å². The van der Waals surface area contributed by atoms with Crippen LogP contribution in [0.2, 0.25) is 0 Å². The van der Waals surface area contributed by atoms with Crippen molar-refractivity contribution in [2.45, 2.75) is 49.4 Å². The summed E-state index contributed by atoms with van der Waals surface area (Å²) in [6.07, 6.45) is 8.81. The van der Waals surface area contributed by atoms with E-state index in [4.69, 9.17) is 0 Å². The molecule has 108 valence electrons. The molecule has 1 fully saturated rings. The van der Waals surface area contributed by atoms with Crippen molar-refractivity contribution in [1.29, 1.82) is 0 Å². The Bertz CT molecular complexity index is 579. The summed E-state index contributed by atoms with van der Waals surface area (Å²) in [7, 11) is 0. The van der Waals surface area contributed by atoms with Gasteiger partial charge in [-0.1, -0.05) is 31.5 Å². The maximum Gasteiger partial charge on any atom is 0.150 e. The monoisotopic (exact) mass is 306 g/mol. The molecule has 0 amide bonds. The van der Waals surface area contributed by atoms with Gasteiger partial charge in [0.1, 0.15) is 0 Å². The van der Waals surface area contributed by atoms with Crippen molar-refractivity contribution in [3.63, 3.8) is 0 Å². The first-order valence-corrected chi connectivity index (χ1v) is 9.50. The number of nitrogens with one attached hydrogen (secondary N) is 1. The van der Waals surface area contributed by atoms with Gasteiger partial charge in [-0.05, 0) is 49.6 Å². The summed E-state index contributed by atoms with van der Waals surface area (Å²) >= 11 is 3.52. The summed E-state index contributed by atoms with van der Waals surface area (Å²) in [5.41, 5.74) is 2.38. The number of fused-ring (bicyclic) bond motifs is 1. The fourth-order valence-electron chi connectivity index (χ4n) is 2.95. The van der Waals surface area contributed by atoms with Crippen LogP contribution in [-0.2, 0) is 0 Å². The van der Waals surface area contributed by atoms with Gasteiger partial charge in [0.25, 0.3) is 0 Å². The third kappa shape index (κ3) is 3.29. The van der Waals surface area contributed by atoms with E-state index in [2.05, 4.69) is 41.7 Å². The standard InChI is InChI=1S/C16H22N2S2/c1-11-4-3-5-12(7-6-11)17-13-8-9-14-15(10-13)20-16(18-14)19-2/h8-12,17H,3-7H2,1-2H3. The molecule has 1 aliphatic rings. The van der Waals surface area contributed by atoms with Gasteiger partial charge in [-0.2, -0.15) is 0 Å². The van der Waals surface area contributed by atoms with E-state index in [1.807, 2.05) is 0 Å². The van der Waals surface area contributed by atoms with Gasteiger partial charge in [-0.25, -0.2) is 4.98 Å². The lowest BCUT2D eigenvalue weighted by Gasteiger charge is -2.17. The second-order valence-electron chi connectivity index (χ2n) is 5.82. The van der Waals surface area contributed by atoms with E-state index < -0.39 is 0 Å². The van der Waals surface area contributed by atoms with Gasteiger partial charge in [0.05, 0.1) is 10.2 Å². The minimum Gasteiger partial charge on any atom is -0.382 e. The predicted molar refractivity (Wildman–Crippen MR) is 91.1 cm³/mol. The average Bonchev–Trinajstić information content (AvgIpc) is 2.76. The van der Waals surface area contributed by atoms with Crippen LogP contribution < -0.4 is 5.32 Å². The minimum atomic E-state index is 0.644. The molecule has 0 saturated heterocycles. The molecule has 4 heteroatoms. The molecule has 2 atom stereocenters. The van der Waals surface area contributed by atoms with E-state index in [-0.39, 0.29) is 0 Å². The Kier molecular flexibility index (Phi) is 4.51. The predicted octanol–water partition coefficient (Wildman–Crippen LogP) is 5.40. The number of thioether (sulfide) groups is 1. The Morgan fingerprint density at radius 3 is 3.00 bits per heavy atom. The first-order chi connectivity index (χ1) is 9.74. The lowest BCUT2D eigenvalue weighted by molar-refractivity contribution is 0.502. The molecule has 3 rings (SSSR count). The maximum absolute atomic E-state index is 4.60. The van der Waals surface area contributed by atoms with Crippen LogP contribution in [0.3, 0.4) is 0 Å². The highest BCUT2D eigenvalue weighted by atomic mass is 32.2. The number of benzene rings is 1. The number of rotatable bonds is 3. The van der Waals surface area contributed by atoms with Crippen LogP contribution in [-0.4, -0.2) is 17.3 Å². The molecule has 20 heavy (non-hydrogen) atoms. The molecular formula is C16H22N2S2. The van der Waals surface area contributed by atoms with E-state index in [1.165, 1.54) is 42.5 Å². The molecule has 1 N–H and O–H groups in total. The van der Waals surface area contributed by atoms with Crippen molar-refractivity contribution in [3.05, 3.63) is 18.2 Å². The third-order valence-corrected chi connectivity index (χ3v) is 6.18. The van der Waals surface area contributed by atoms with E-state index in [0.29, 0.717) is 6.04 Å². The zero-order chi connectivity index (χ0) is 13.9. The molecule has 1 aromatic heterocycles. The molecule has 2 aromatic rings. The van der Waals surface area contributed by atoms with Gasteiger partial charge in [0.2, 0.25) is 0 Å². The molecule has 1 aromatic carbocycles. The number of aromatic nitrogens is 1. The van der Waals surface area contributed by atoms with Crippen LogP contribution in [0.5, 0.6) is 0 Å². The van der Waals surface area contributed by atoms with Crippen LogP contribution in [0.4, 0.5) is 5.69 Å². The second kappa shape index (κ2) is 6.35. The summed E-state index contributed by atoms with van der Waals surface area (Å²) in [5, 5.41) is 3.73. The minimum absolute atomic E-state index is 0.644. The highest BCUT2D eigenvalue weighted by molar-refractivity contribution is 8.00. The van der Waals surface area contributed by atoms with Gasteiger partial charge < -0.3 is 5.32 Å². The Morgan fingerprint density at radius 2 is 2.15 bits per heavy atom. The number of hydrogen-bond acceptors (Lipinski definition) is 4. The Labute approximate surface area is 129 Å². The zero-order valence-corrected chi connectivity index (χ0v) is 13.8. The number of anilines is 1. The summed E-state index contributed by atoms with van der Waals surface area (Å²) in [6, 6.07) is 7.24. The van der Waals surface area contributed by atoms with Gasteiger partial charge in [0.15, 0.2) is 4.34 Å². The molecule has 1 saturated carbocycles. The molecule has 0 aliphatic heterocycles. The van der Waals surface area contributed by atoms with Crippen molar-refractivity contribution >= 4 is 39.0 Å². The fraction of sp³-hybridized carbons (Fsp3) is 0.562. The summed E-state index contributed by atoms with van der Waals surface area (Å²) < 4.78 is 2.45. The highest BCUT2D eigenvalue weighted by Crippen LogP contribution is 2.31. The Balaban J connectivity index is 1.73. The van der Waals surface area contributed by atoms with Gasteiger partial charge in [-0.3, -0.25) is 0 Å². The molecular weight excluding hydrogens is 284 g/mol. The fourth-order valence-corrected chi connectivity index (χ4v) is 4.48. The van der Waals surface area contributed by atoms with E-state index >= 15 is 0 Å². The highest BCUT2D eigenvalue weighted by Gasteiger charge is 2.16. The van der Waals surface area contributed by atoms with Crippen molar-refractivity contribution in [3.8, 4) is 0 Å². The number of hydrogen-bond donors (Lipinski definition) is 1. The van der Waals surface area contributed by atoms with E-state index in [9.17, 15) is 0 Å². The van der Waals surface area contributed by atoms with Crippen molar-refractivity contribution in [2.24, 2.45) is 5.92 Å². The van der Waals surface area contributed by atoms with Crippen molar-refractivity contribution in [1.82, 2.24) is 4.98 Å². The second-order valence-corrected chi connectivity index (χ2v) is 7.91. The first kappa shape index (κ1) is 14.2. The quantitative estimate of drug-likeness (QED) is 0.607. The van der Waals surface area contributed by atoms with Crippen LogP contribution in [0.1, 0.15) is 39.0 Å². The van der Waals surface area contributed by atoms with Gasteiger partial charge >= 0.3 is 0 Å². The van der Waals surface area contributed by atoms with E-state index in [0.717, 1.165) is 15.8 Å². The Hall–Kier alpha value is -0.740. The third-order valence-electron chi connectivity index (χ3n) is 4.17. The van der Waals surface area contributed by atoms with Crippen LogP contribution in [0.25, 0.3) is 10.2 Å². The smallest absolute Gasteiger partial charge is 0.150 e. The molecule has 2 nitrogen and oxygen atoms in total. The molecule has 0 bridgehead atoms. The first-order valence-electron chi connectivity index (χ1n) is 7.45. The summed E-state index contributed by atoms with van der Waals surface area (Å²) in [5.74, 6) is 0.898. The van der Waals surface area contributed by atoms with Crippen molar-refractivity contribution < 1.29 is 0 Å². The summed E-state index contributed by atoms with van der Waals surface area (Å²) in [4.78, 5) is 4.60. The van der Waals surface area contributed by atoms with Gasteiger partial charge in [-0.15, -0.1) is 11.3 Å². The molecule has 0 radical (unpaired) electrons. The SMILES string of the molecule is CSc1nc2ccc(NC3CCCC(C)CC3)cc2s1. The maximum atomic E-state index is 4.60. The lowest BCUT2D eigenvalue weighted by atomic mass is 10.0. The largest absolute Gasteiger partial charge is 0.382 e. The number of nitrogens with zero attached hydrogens (tertiary/aromatic N) is 1. The van der Waals surface area contributed by atoms with Gasteiger partial charge in [0, 0.05) is 11.7 Å². The van der Waals surface area contributed by atoms with Crippen LogP contribution in [0, 0.1) is 5.92 Å². The number of thiazole rings is 1. The lowest BCUT2D eigenvalue weighted by Crippen LogP contribution is -2.18. The zero-order valence-electron chi connectivity index (χ0n) is 12.2. The normalized spacial score (nSPS) is 23.7. The average molecular weight is 306 g/mol. The topological polar surface area (TPSA) is 24.9 Å². The van der Waals surface area contributed by atoms with Crippen LogP contribution >= 0.6 is 23.1 Å². The summed E-state index contributed by atoms with van der Waals surface area (Å²) in [6.45, 7) is 2.38.